The normalized spacial score (nSPS) is 29.4. The molecule has 6 rings (SSSR count). The van der Waals surface area contributed by atoms with Crippen LogP contribution in [0, 0.1) is 11.8 Å². The van der Waals surface area contributed by atoms with Gasteiger partial charge in [0, 0.05) is 35.0 Å². The van der Waals surface area contributed by atoms with Gasteiger partial charge in [0.2, 0.25) is 10.0 Å². The van der Waals surface area contributed by atoms with Gasteiger partial charge in [0.1, 0.15) is 5.75 Å². The number of amides is 1. The Morgan fingerprint density at radius 1 is 1.07 bits per heavy atom. The number of nitrogens with zero attached hydrogens (tertiary/aromatic N) is 2. The van der Waals surface area contributed by atoms with E-state index < -0.39 is 15.9 Å². The monoisotopic (exact) mass is 585 g/mol. The van der Waals surface area contributed by atoms with Gasteiger partial charge in [-0.05, 0) is 98.7 Å². The number of sulfonamides is 1. The molecule has 2 bridgehead atoms. The van der Waals surface area contributed by atoms with Crippen LogP contribution in [0.4, 0.5) is 5.69 Å². The molecule has 40 heavy (non-hydrogen) atoms. The summed E-state index contributed by atoms with van der Waals surface area (Å²) in [5, 5.41) is 14.3. The third-order valence-electron chi connectivity index (χ3n) is 9.32. The van der Waals surface area contributed by atoms with E-state index in [-0.39, 0.29) is 22.6 Å². The molecule has 2 heterocycles. The van der Waals surface area contributed by atoms with Gasteiger partial charge in [-0.2, -0.15) is 0 Å². The predicted octanol–water partition coefficient (Wildman–Crippen LogP) is 5.30. The SMILES string of the molecule is O=C1NS(=O)(=O)CCCCC/C(=N/O)[C@@H]2CCC2CN2C[C@@]3(CCCc4cc(Cl)ccc43)COc3ccc1cc32. The number of rotatable bonds is 0. The van der Waals surface area contributed by atoms with Crippen LogP contribution in [-0.4, -0.2) is 50.7 Å². The van der Waals surface area contributed by atoms with E-state index >= 15 is 0 Å². The minimum atomic E-state index is -3.77. The van der Waals surface area contributed by atoms with Crippen LogP contribution in [0.5, 0.6) is 5.75 Å². The van der Waals surface area contributed by atoms with Crippen LogP contribution in [0.15, 0.2) is 41.6 Å². The molecule has 0 saturated heterocycles. The van der Waals surface area contributed by atoms with Crippen molar-refractivity contribution in [2.75, 3.05) is 30.3 Å². The number of nitrogens with one attached hydrogen (secondary N) is 1. The van der Waals surface area contributed by atoms with E-state index in [1.54, 1.807) is 18.2 Å². The van der Waals surface area contributed by atoms with Crippen LogP contribution in [0.1, 0.15) is 72.9 Å². The number of hydrogen-bond donors (Lipinski definition) is 2. The second-order valence-corrected chi connectivity index (χ2v) is 14.2. The maximum Gasteiger partial charge on any atom is 0.264 e. The number of ether oxygens (including phenoxy) is 1. The van der Waals surface area contributed by atoms with Gasteiger partial charge >= 0.3 is 0 Å². The van der Waals surface area contributed by atoms with Crippen molar-refractivity contribution in [3.8, 4) is 5.75 Å². The first-order chi connectivity index (χ1) is 19.3. The van der Waals surface area contributed by atoms with Gasteiger partial charge in [0.25, 0.3) is 5.91 Å². The summed E-state index contributed by atoms with van der Waals surface area (Å²) >= 11 is 6.37. The van der Waals surface area contributed by atoms with E-state index in [4.69, 9.17) is 16.3 Å². The maximum atomic E-state index is 13.1. The number of carbonyl (C=O) groups excluding carboxylic acids is 1. The first kappa shape index (κ1) is 27.4. The van der Waals surface area contributed by atoms with Crippen molar-refractivity contribution in [1.82, 2.24) is 4.72 Å². The van der Waals surface area contributed by atoms with E-state index in [2.05, 4.69) is 26.9 Å². The first-order valence-electron chi connectivity index (χ1n) is 14.3. The molecular formula is C30H36ClN3O5S. The van der Waals surface area contributed by atoms with Gasteiger partial charge in [-0.3, -0.25) is 4.79 Å². The molecule has 2 aromatic carbocycles. The van der Waals surface area contributed by atoms with Crippen LogP contribution in [-0.2, 0) is 21.9 Å². The summed E-state index contributed by atoms with van der Waals surface area (Å²) in [5.41, 5.74) is 4.16. The Morgan fingerprint density at radius 3 is 2.75 bits per heavy atom. The molecule has 3 atom stereocenters. The van der Waals surface area contributed by atoms with Crippen LogP contribution in [0.25, 0.3) is 0 Å². The number of carbonyl (C=O) groups is 1. The number of halogens is 1. The molecule has 1 fully saturated rings. The fourth-order valence-corrected chi connectivity index (χ4v) is 8.38. The van der Waals surface area contributed by atoms with Crippen LogP contribution < -0.4 is 14.4 Å². The number of aryl methyl sites for hydroxylation is 1. The van der Waals surface area contributed by atoms with Crippen molar-refractivity contribution in [3.63, 3.8) is 0 Å². The molecule has 10 heteroatoms. The van der Waals surface area contributed by atoms with Crippen molar-refractivity contribution in [3.05, 3.63) is 58.1 Å². The summed E-state index contributed by atoms with van der Waals surface area (Å²) in [6, 6.07) is 11.4. The van der Waals surface area contributed by atoms with E-state index in [0.29, 0.717) is 44.1 Å². The van der Waals surface area contributed by atoms with E-state index in [9.17, 15) is 18.4 Å². The van der Waals surface area contributed by atoms with Crippen molar-refractivity contribution in [2.24, 2.45) is 17.0 Å². The summed E-state index contributed by atoms with van der Waals surface area (Å²) in [7, 11) is -3.77. The van der Waals surface area contributed by atoms with Gasteiger partial charge < -0.3 is 14.8 Å². The van der Waals surface area contributed by atoms with Crippen LogP contribution >= 0.6 is 11.6 Å². The van der Waals surface area contributed by atoms with Crippen LogP contribution in [0.3, 0.4) is 0 Å². The third-order valence-corrected chi connectivity index (χ3v) is 10.9. The lowest BCUT2D eigenvalue weighted by Crippen LogP contribution is -2.49. The lowest BCUT2D eigenvalue weighted by molar-refractivity contribution is 0.0981. The number of benzene rings is 2. The molecule has 2 aliphatic heterocycles. The Kier molecular flexibility index (Phi) is 7.46. The molecule has 8 nitrogen and oxygen atoms in total. The first-order valence-corrected chi connectivity index (χ1v) is 16.4. The Bertz CT molecular complexity index is 1440. The van der Waals surface area contributed by atoms with E-state index in [1.165, 1.54) is 11.1 Å². The van der Waals surface area contributed by atoms with Gasteiger partial charge in [-0.1, -0.05) is 29.2 Å². The molecule has 2 aliphatic carbocycles. The number of anilines is 1. The molecule has 0 radical (unpaired) electrons. The Morgan fingerprint density at radius 2 is 1.95 bits per heavy atom. The van der Waals surface area contributed by atoms with Gasteiger partial charge in [0.05, 0.1) is 23.8 Å². The summed E-state index contributed by atoms with van der Waals surface area (Å²) in [6.07, 6.45) is 7.49. The highest BCUT2D eigenvalue weighted by Crippen LogP contribution is 2.46. The van der Waals surface area contributed by atoms with Crippen LogP contribution in [0.2, 0.25) is 5.02 Å². The number of hydrogen-bond acceptors (Lipinski definition) is 7. The highest BCUT2D eigenvalue weighted by atomic mass is 35.5. The summed E-state index contributed by atoms with van der Waals surface area (Å²) in [6.45, 7) is 1.93. The topological polar surface area (TPSA) is 108 Å². The molecule has 1 amide bonds. The third kappa shape index (κ3) is 5.30. The van der Waals surface area contributed by atoms with Crippen molar-refractivity contribution in [1.29, 1.82) is 0 Å². The number of oxime groups is 1. The Balaban J connectivity index is 1.42. The van der Waals surface area contributed by atoms with Crippen molar-refractivity contribution in [2.45, 2.75) is 63.2 Å². The highest BCUT2D eigenvalue weighted by Gasteiger charge is 2.44. The molecule has 1 spiro atoms. The lowest BCUT2D eigenvalue weighted by atomic mass is 9.68. The summed E-state index contributed by atoms with van der Waals surface area (Å²) < 4.78 is 34.1. The second kappa shape index (κ2) is 10.9. The number of fused-ring (bicyclic) bond motifs is 4. The van der Waals surface area contributed by atoms with Crippen molar-refractivity contribution >= 4 is 38.9 Å². The standard InChI is InChI=1S/C30H36ClN3O5S/c31-23-9-11-25-20(15-23)5-4-13-30(25)18-34-17-22-7-10-24(22)26(32-36)6-2-1-3-14-40(37,38)33-29(35)21-8-12-28(39-19-30)27(34)16-21/h8-9,11-12,15-16,22,24,36H,1-7,10,13-14,17-19H2,(H,33,35)/b32-26-/t22?,24-,30+/m1/s1. The molecule has 2 aromatic rings. The maximum absolute atomic E-state index is 13.1. The van der Waals surface area contributed by atoms with Crippen molar-refractivity contribution < 1.29 is 23.2 Å². The molecule has 1 saturated carbocycles. The minimum Gasteiger partial charge on any atom is -0.490 e. The predicted molar refractivity (Wildman–Crippen MR) is 155 cm³/mol. The zero-order valence-electron chi connectivity index (χ0n) is 22.6. The summed E-state index contributed by atoms with van der Waals surface area (Å²) in [4.78, 5) is 15.4. The van der Waals surface area contributed by atoms with Gasteiger partial charge in [-0.15, -0.1) is 0 Å². The Hall–Kier alpha value is -2.78. The molecular weight excluding hydrogens is 550 g/mol. The fraction of sp³-hybridized carbons (Fsp3) is 0.533. The zero-order valence-corrected chi connectivity index (χ0v) is 24.1. The molecule has 4 aliphatic rings. The smallest absolute Gasteiger partial charge is 0.264 e. The Labute approximate surface area is 240 Å². The van der Waals surface area contributed by atoms with E-state index in [0.717, 1.165) is 61.5 Å². The minimum absolute atomic E-state index is 0.123. The van der Waals surface area contributed by atoms with Gasteiger partial charge in [-0.25, -0.2) is 13.1 Å². The quantitative estimate of drug-likeness (QED) is 0.321. The molecule has 1 unspecified atom stereocenters. The summed E-state index contributed by atoms with van der Waals surface area (Å²) in [5.74, 6) is 0.442. The van der Waals surface area contributed by atoms with E-state index in [1.807, 2.05) is 6.07 Å². The molecule has 214 valence electrons. The largest absolute Gasteiger partial charge is 0.490 e. The average molecular weight is 586 g/mol. The molecule has 2 N–H and O–H groups in total. The second-order valence-electron chi connectivity index (χ2n) is 11.9. The lowest BCUT2D eigenvalue weighted by Gasteiger charge is -2.44. The molecule has 0 aromatic heterocycles. The highest BCUT2D eigenvalue weighted by molar-refractivity contribution is 7.90. The zero-order chi connectivity index (χ0) is 27.9. The average Bonchev–Trinajstić information content (AvgIpc) is 3.06. The van der Waals surface area contributed by atoms with Gasteiger partial charge in [0.15, 0.2) is 0 Å². The fourth-order valence-electron chi connectivity index (χ4n) is 7.10.